The molecule has 0 saturated carbocycles. The van der Waals surface area contributed by atoms with E-state index >= 15 is 0 Å². The van der Waals surface area contributed by atoms with Crippen molar-refractivity contribution < 1.29 is 8.42 Å². The van der Waals surface area contributed by atoms with Gasteiger partial charge >= 0.3 is 0 Å². The fraction of sp³-hybridized carbons (Fsp3) is 0.938. The van der Waals surface area contributed by atoms with Crippen molar-refractivity contribution in [2.24, 2.45) is 10.9 Å². The van der Waals surface area contributed by atoms with Gasteiger partial charge in [-0.25, -0.2) is 8.42 Å². The van der Waals surface area contributed by atoms with Gasteiger partial charge in [-0.3, -0.25) is 9.89 Å². The molecule has 0 aromatic carbocycles. The van der Waals surface area contributed by atoms with Crippen LogP contribution in [-0.4, -0.2) is 70.1 Å². The molecule has 6 nitrogen and oxygen atoms in total. The van der Waals surface area contributed by atoms with Gasteiger partial charge in [0.2, 0.25) is 0 Å². The molecule has 1 aliphatic rings. The normalized spacial score (nSPS) is 20.8. The van der Waals surface area contributed by atoms with Gasteiger partial charge in [0, 0.05) is 38.5 Å². The molecule has 0 aromatic heterocycles. The number of nitrogens with zero attached hydrogens (tertiary/aromatic N) is 2. The van der Waals surface area contributed by atoms with Crippen LogP contribution in [0, 0.1) is 5.92 Å². The van der Waals surface area contributed by atoms with Crippen LogP contribution in [0.25, 0.3) is 0 Å². The summed E-state index contributed by atoms with van der Waals surface area (Å²) in [6, 6.07) is 0.633. The van der Waals surface area contributed by atoms with Crippen molar-refractivity contribution in [2.75, 3.05) is 38.7 Å². The van der Waals surface area contributed by atoms with Gasteiger partial charge in [0.1, 0.15) is 9.84 Å². The molecule has 0 aliphatic carbocycles. The summed E-state index contributed by atoms with van der Waals surface area (Å²) < 4.78 is 22.5. The Morgan fingerprint density at radius 1 is 1.33 bits per heavy atom. The number of aliphatic imine (C=N–C) groups is 1. The molecule has 0 bridgehead atoms. The molecule has 0 aromatic rings. The molecule has 24 heavy (non-hydrogen) atoms. The van der Waals surface area contributed by atoms with Crippen molar-refractivity contribution in [1.82, 2.24) is 15.5 Å². The highest BCUT2D eigenvalue weighted by Crippen LogP contribution is 2.17. The Bertz CT molecular complexity index is 482. The van der Waals surface area contributed by atoms with Gasteiger partial charge in [0.25, 0.3) is 0 Å². The van der Waals surface area contributed by atoms with Crippen LogP contribution in [0.15, 0.2) is 4.99 Å². The number of nitrogens with one attached hydrogen (secondary N) is 2. The fourth-order valence-corrected chi connectivity index (χ4v) is 3.72. The Labute approximate surface area is 165 Å². The second-order valence-corrected chi connectivity index (χ2v) is 9.36. The maximum Gasteiger partial charge on any atom is 0.191 e. The van der Waals surface area contributed by atoms with Crippen LogP contribution in [0.3, 0.4) is 0 Å². The number of halogens is 1. The van der Waals surface area contributed by atoms with E-state index in [2.05, 4.69) is 34.4 Å². The van der Waals surface area contributed by atoms with Crippen molar-refractivity contribution in [3.05, 3.63) is 0 Å². The molecule has 2 atom stereocenters. The summed E-state index contributed by atoms with van der Waals surface area (Å²) in [7, 11) is -1.16. The molecule has 0 radical (unpaired) electrons. The van der Waals surface area contributed by atoms with Crippen LogP contribution < -0.4 is 10.6 Å². The molecular formula is C16H35IN4O2S. The van der Waals surface area contributed by atoms with Crippen molar-refractivity contribution in [3.63, 3.8) is 0 Å². The van der Waals surface area contributed by atoms with Crippen molar-refractivity contribution in [1.29, 1.82) is 0 Å². The number of sulfone groups is 1. The highest BCUT2D eigenvalue weighted by atomic mass is 127. The standard InChI is InChI=1S/C16H34N4O2S.HI/c1-13(2)12-20-9-6-7-15(20)11-18-16(17-4)19-14(3)8-10-23(5,21)22;/h13-15H,6-12H2,1-5H3,(H2,17,18,19);1H/t14?,15-;/m1./s1. The topological polar surface area (TPSA) is 73.8 Å². The molecule has 0 spiro atoms. The summed E-state index contributed by atoms with van der Waals surface area (Å²) in [5.74, 6) is 1.63. The number of guanidine groups is 1. The lowest BCUT2D eigenvalue weighted by Gasteiger charge is -2.27. The Kier molecular flexibility index (Phi) is 11.5. The summed E-state index contributed by atoms with van der Waals surface area (Å²) in [6.07, 6.45) is 4.34. The van der Waals surface area contributed by atoms with Crippen LogP contribution in [0.2, 0.25) is 0 Å². The molecule has 144 valence electrons. The van der Waals surface area contributed by atoms with Gasteiger partial charge in [-0.2, -0.15) is 0 Å². The van der Waals surface area contributed by atoms with Crippen LogP contribution in [-0.2, 0) is 9.84 Å². The summed E-state index contributed by atoms with van der Waals surface area (Å²) in [6.45, 7) is 9.70. The third-order valence-electron chi connectivity index (χ3n) is 4.13. The van der Waals surface area contributed by atoms with Crippen molar-refractivity contribution in [3.8, 4) is 0 Å². The molecule has 2 N–H and O–H groups in total. The van der Waals surface area contributed by atoms with Crippen molar-refractivity contribution in [2.45, 2.75) is 52.1 Å². The molecule has 1 heterocycles. The minimum Gasteiger partial charge on any atom is -0.355 e. The molecule has 8 heteroatoms. The van der Waals surface area contributed by atoms with Gasteiger partial charge in [-0.1, -0.05) is 13.8 Å². The molecule has 0 amide bonds. The van der Waals surface area contributed by atoms with E-state index in [0.29, 0.717) is 18.4 Å². The maximum absolute atomic E-state index is 11.2. The number of likely N-dealkylation sites (tertiary alicyclic amines) is 1. The van der Waals surface area contributed by atoms with E-state index in [1.165, 1.54) is 25.6 Å². The Hall–Kier alpha value is -0.0900. The van der Waals surface area contributed by atoms with Crippen LogP contribution in [0.5, 0.6) is 0 Å². The van der Waals surface area contributed by atoms with Crippen LogP contribution in [0.4, 0.5) is 0 Å². The lowest BCUT2D eigenvalue weighted by molar-refractivity contribution is 0.226. The van der Waals surface area contributed by atoms with E-state index in [4.69, 9.17) is 0 Å². The molecule has 1 fully saturated rings. The SMILES string of the molecule is CN=C(NC[C@H]1CCCN1CC(C)C)NC(C)CCS(C)(=O)=O.I. The molecule has 1 rings (SSSR count). The van der Waals surface area contributed by atoms with Crippen molar-refractivity contribution >= 4 is 39.8 Å². The largest absolute Gasteiger partial charge is 0.355 e. The summed E-state index contributed by atoms with van der Waals surface area (Å²) in [5.41, 5.74) is 0. The van der Waals surface area contributed by atoms with Crippen LogP contribution >= 0.6 is 24.0 Å². The Balaban J connectivity index is 0.00000529. The quantitative estimate of drug-likeness (QED) is 0.319. The number of hydrogen-bond acceptors (Lipinski definition) is 4. The van der Waals surface area contributed by atoms with Gasteiger partial charge in [0.15, 0.2) is 5.96 Å². The highest BCUT2D eigenvalue weighted by molar-refractivity contribution is 14.0. The average Bonchev–Trinajstić information content (AvgIpc) is 2.87. The summed E-state index contributed by atoms with van der Waals surface area (Å²) in [4.78, 5) is 6.80. The Morgan fingerprint density at radius 2 is 2.00 bits per heavy atom. The predicted molar refractivity (Wildman–Crippen MR) is 113 cm³/mol. The number of hydrogen-bond donors (Lipinski definition) is 2. The predicted octanol–water partition coefficient (Wildman–Crippen LogP) is 1.71. The van der Waals surface area contributed by atoms with Gasteiger partial charge in [-0.15, -0.1) is 24.0 Å². The Morgan fingerprint density at radius 3 is 2.54 bits per heavy atom. The minimum absolute atomic E-state index is 0. The van der Waals surface area contributed by atoms with E-state index < -0.39 is 9.84 Å². The molecule has 1 saturated heterocycles. The first kappa shape index (κ1) is 23.9. The monoisotopic (exact) mass is 474 g/mol. The highest BCUT2D eigenvalue weighted by Gasteiger charge is 2.24. The van der Waals surface area contributed by atoms with Crippen LogP contribution in [0.1, 0.15) is 40.0 Å². The summed E-state index contributed by atoms with van der Waals surface area (Å²) >= 11 is 0. The van der Waals surface area contributed by atoms with Gasteiger partial charge in [0.05, 0.1) is 5.75 Å². The average molecular weight is 474 g/mol. The minimum atomic E-state index is -2.91. The second-order valence-electron chi connectivity index (χ2n) is 7.10. The molecular weight excluding hydrogens is 439 g/mol. The van der Waals surface area contributed by atoms with E-state index in [1.807, 2.05) is 6.92 Å². The van der Waals surface area contributed by atoms with E-state index in [0.717, 1.165) is 19.0 Å². The third kappa shape index (κ3) is 10.0. The molecule has 1 unspecified atom stereocenters. The smallest absolute Gasteiger partial charge is 0.191 e. The molecule has 1 aliphatic heterocycles. The summed E-state index contributed by atoms with van der Waals surface area (Å²) in [5, 5.41) is 6.67. The van der Waals surface area contributed by atoms with E-state index in [9.17, 15) is 8.42 Å². The first-order valence-electron chi connectivity index (χ1n) is 8.60. The third-order valence-corrected chi connectivity index (χ3v) is 5.11. The zero-order chi connectivity index (χ0) is 17.5. The first-order valence-corrected chi connectivity index (χ1v) is 10.7. The fourth-order valence-electron chi connectivity index (χ4n) is 2.94. The first-order chi connectivity index (χ1) is 10.7. The zero-order valence-electron chi connectivity index (χ0n) is 15.7. The maximum atomic E-state index is 11.2. The van der Waals surface area contributed by atoms with E-state index in [-0.39, 0.29) is 35.8 Å². The van der Waals surface area contributed by atoms with Gasteiger partial charge in [-0.05, 0) is 38.6 Å². The number of rotatable bonds is 8. The van der Waals surface area contributed by atoms with Gasteiger partial charge < -0.3 is 10.6 Å². The lowest BCUT2D eigenvalue weighted by Crippen LogP contribution is -2.48. The second kappa shape index (κ2) is 11.5. The lowest BCUT2D eigenvalue weighted by atomic mass is 10.1. The zero-order valence-corrected chi connectivity index (χ0v) is 18.9. The van der Waals surface area contributed by atoms with E-state index in [1.54, 1.807) is 7.05 Å².